The predicted octanol–water partition coefficient (Wildman–Crippen LogP) is 4.23. The van der Waals surface area contributed by atoms with Gasteiger partial charge in [-0.25, -0.2) is 0 Å². The van der Waals surface area contributed by atoms with Gasteiger partial charge in [0, 0.05) is 12.1 Å². The first-order valence-electron chi connectivity index (χ1n) is 7.76. The topological polar surface area (TPSA) is 50.9 Å². The fraction of sp³-hybridized carbons (Fsp3) is 0.800. The van der Waals surface area contributed by atoms with Crippen LogP contribution in [0, 0.1) is 11.8 Å². The van der Waals surface area contributed by atoms with Crippen molar-refractivity contribution in [1.82, 2.24) is 4.37 Å². The quantitative estimate of drug-likeness (QED) is 0.848. The van der Waals surface area contributed by atoms with Gasteiger partial charge in [0.2, 0.25) is 0 Å². The van der Waals surface area contributed by atoms with Crippen LogP contribution in [0.25, 0.3) is 0 Å². The molecule has 4 heteroatoms. The Morgan fingerprint density at radius 1 is 1.16 bits per heavy atom. The second-order valence-electron chi connectivity index (χ2n) is 6.26. The molecule has 3 N–H and O–H groups in total. The molecular formula is C15H25N3S. The van der Waals surface area contributed by atoms with Crippen LogP contribution in [0.4, 0.5) is 10.8 Å². The molecule has 2 saturated carbocycles. The van der Waals surface area contributed by atoms with Crippen LogP contribution in [-0.2, 0) is 0 Å². The number of nitrogens with two attached hydrogens (primary N) is 1. The standard InChI is InChI=1S/C15H25N3S/c1-2-10-3-5-11(6-4-10)9-17-15-13(12-7-8-12)14(16)18-19-15/h10-12,17H,2-9H2,1H3,(H2,16,18). The van der Waals surface area contributed by atoms with Crippen LogP contribution in [0.5, 0.6) is 0 Å². The van der Waals surface area contributed by atoms with E-state index in [9.17, 15) is 0 Å². The Hall–Kier alpha value is -0.770. The zero-order chi connectivity index (χ0) is 13.2. The number of rotatable bonds is 5. The summed E-state index contributed by atoms with van der Waals surface area (Å²) in [6.07, 6.45) is 9.55. The van der Waals surface area contributed by atoms with Crippen molar-refractivity contribution >= 4 is 22.4 Å². The van der Waals surface area contributed by atoms with E-state index >= 15 is 0 Å². The first kappa shape index (κ1) is 13.2. The van der Waals surface area contributed by atoms with Crippen molar-refractivity contribution in [3.8, 4) is 0 Å². The highest BCUT2D eigenvalue weighted by atomic mass is 32.1. The minimum atomic E-state index is 0.692. The van der Waals surface area contributed by atoms with E-state index in [2.05, 4.69) is 16.6 Å². The summed E-state index contributed by atoms with van der Waals surface area (Å²) >= 11 is 1.55. The second kappa shape index (κ2) is 5.70. The van der Waals surface area contributed by atoms with Gasteiger partial charge in [-0.05, 0) is 55.0 Å². The first-order valence-corrected chi connectivity index (χ1v) is 8.54. The molecule has 1 aromatic rings. The molecule has 2 aliphatic carbocycles. The van der Waals surface area contributed by atoms with Crippen LogP contribution < -0.4 is 11.1 Å². The number of nitrogens with zero attached hydrogens (tertiary/aromatic N) is 1. The number of anilines is 2. The Morgan fingerprint density at radius 2 is 1.84 bits per heavy atom. The number of aromatic nitrogens is 1. The first-order chi connectivity index (χ1) is 9.28. The molecule has 0 spiro atoms. The van der Waals surface area contributed by atoms with Crippen LogP contribution in [0.1, 0.15) is 63.4 Å². The fourth-order valence-corrected chi connectivity index (χ4v) is 4.09. The summed E-state index contributed by atoms with van der Waals surface area (Å²) in [5.74, 6) is 3.29. The highest BCUT2D eigenvalue weighted by Gasteiger charge is 2.30. The lowest BCUT2D eigenvalue weighted by atomic mass is 9.81. The van der Waals surface area contributed by atoms with Gasteiger partial charge in [-0.3, -0.25) is 0 Å². The molecule has 106 valence electrons. The van der Waals surface area contributed by atoms with Gasteiger partial charge in [-0.1, -0.05) is 26.2 Å². The minimum Gasteiger partial charge on any atom is -0.383 e. The molecule has 2 aliphatic rings. The van der Waals surface area contributed by atoms with Crippen molar-refractivity contribution in [3.63, 3.8) is 0 Å². The van der Waals surface area contributed by atoms with Crippen molar-refractivity contribution in [2.45, 2.75) is 57.8 Å². The Morgan fingerprint density at radius 3 is 2.47 bits per heavy atom. The van der Waals surface area contributed by atoms with Crippen LogP contribution >= 0.6 is 11.5 Å². The zero-order valence-corrected chi connectivity index (χ0v) is 12.6. The van der Waals surface area contributed by atoms with Gasteiger partial charge in [-0.2, -0.15) is 4.37 Å². The van der Waals surface area contributed by atoms with Gasteiger partial charge >= 0.3 is 0 Å². The van der Waals surface area contributed by atoms with E-state index in [1.165, 1.54) is 55.5 Å². The molecule has 3 nitrogen and oxygen atoms in total. The maximum absolute atomic E-state index is 5.99. The third-order valence-corrected chi connectivity index (χ3v) is 5.67. The Balaban J connectivity index is 1.52. The van der Waals surface area contributed by atoms with E-state index < -0.39 is 0 Å². The molecule has 0 radical (unpaired) electrons. The van der Waals surface area contributed by atoms with E-state index in [1.54, 1.807) is 11.5 Å². The summed E-state index contributed by atoms with van der Waals surface area (Å²) in [5, 5.41) is 4.88. The molecule has 0 atom stereocenters. The minimum absolute atomic E-state index is 0.692. The average Bonchev–Trinajstić information content (AvgIpc) is 3.21. The molecule has 0 aromatic carbocycles. The average molecular weight is 279 g/mol. The van der Waals surface area contributed by atoms with Crippen LogP contribution in [0.3, 0.4) is 0 Å². The summed E-state index contributed by atoms with van der Waals surface area (Å²) < 4.78 is 4.32. The van der Waals surface area contributed by atoms with Gasteiger partial charge in [-0.15, -0.1) is 0 Å². The van der Waals surface area contributed by atoms with Gasteiger partial charge in [0.05, 0.1) is 0 Å². The predicted molar refractivity (Wildman–Crippen MR) is 82.7 cm³/mol. The molecule has 3 rings (SSSR count). The van der Waals surface area contributed by atoms with Gasteiger partial charge in [0.1, 0.15) is 10.8 Å². The van der Waals surface area contributed by atoms with E-state index in [1.807, 2.05) is 0 Å². The molecule has 0 unspecified atom stereocenters. The van der Waals surface area contributed by atoms with Gasteiger partial charge < -0.3 is 11.1 Å². The number of hydrogen-bond acceptors (Lipinski definition) is 4. The maximum Gasteiger partial charge on any atom is 0.142 e. The third kappa shape index (κ3) is 3.04. The Kier molecular flexibility index (Phi) is 3.96. The van der Waals surface area contributed by atoms with Crippen molar-refractivity contribution in [2.75, 3.05) is 17.6 Å². The molecular weight excluding hydrogens is 254 g/mol. The lowest BCUT2D eigenvalue weighted by molar-refractivity contribution is 0.278. The Labute approximate surface area is 120 Å². The van der Waals surface area contributed by atoms with Crippen LogP contribution in [0.15, 0.2) is 0 Å². The Bertz CT molecular complexity index is 417. The second-order valence-corrected chi connectivity index (χ2v) is 7.03. The largest absolute Gasteiger partial charge is 0.383 e. The molecule has 1 heterocycles. The molecule has 0 saturated heterocycles. The van der Waals surface area contributed by atoms with E-state index in [4.69, 9.17) is 5.73 Å². The van der Waals surface area contributed by atoms with E-state index in [-0.39, 0.29) is 0 Å². The maximum atomic E-state index is 5.99. The summed E-state index contributed by atoms with van der Waals surface area (Å²) in [7, 11) is 0. The fourth-order valence-electron chi connectivity index (χ4n) is 3.28. The normalized spacial score (nSPS) is 27.4. The van der Waals surface area contributed by atoms with Crippen molar-refractivity contribution in [1.29, 1.82) is 0 Å². The SMILES string of the molecule is CCC1CCC(CNc2snc(N)c2C2CC2)CC1. The zero-order valence-electron chi connectivity index (χ0n) is 11.8. The molecule has 0 bridgehead atoms. The lowest BCUT2D eigenvalue weighted by Crippen LogP contribution is -2.21. The summed E-state index contributed by atoms with van der Waals surface area (Å²) in [4.78, 5) is 0. The van der Waals surface area contributed by atoms with Crippen molar-refractivity contribution < 1.29 is 0 Å². The highest BCUT2D eigenvalue weighted by molar-refractivity contribution is 7.10. The number of nitrogen functional groups attached to an aromatic ring is 1. The van der Waals surface area contributed by atoms with Gasteiger partial charge in [0.15, 0.2) is 0 Å². The molecule has 19 heavy (non-hydrogen) atoms. The highest BCUT2D eigenvalue weighted by Crippen LogP contribution is 2.47. The summed E-state index contributed by atoms with van der Waals surface area (Å²) in [5.41, 5.74) is 7.30. The lowest BCUT2D eigenvalue weighted by Gasteiger charge is -2.28. The third-order valence-electron chi connectivity index (χ3n) is 4.84. The monoisotopic (exact) mass is 279 g/mol. The molecule has 0 amide bonds. The molecule has 1 aromatic heterocycles. The summed E-state index contributed by atoms with van der Waals surface area (Å²) in [6.45, 7) is 3.43. The van der Waals surface area contributed by atoms with Crippen molar-refractivity contribution in [3.05, 3.63) is 5.56 Å². The van der Waals surface area contributed by atoms with Gasteiger partial charge in [0.25, 0.3) is 0 Å². The summed E-state index contributed by atoms with van der Waals surface area (Å²) in [6, 6.07) is 0. The smallest absolute Gasteiger partial charge is 0.142 e. The van der Waals surface area contributed by atoms with E-state index in [0.717, 1.165) is 24.2 Å². The molecule has 2 fully saturated rings. The van der Waals surface area contributed by atoms with E-state index in [0.29, 0.717) is 5.92 Å². The van der Waals surface area contributed by atoms with Crippen LogP contribution in [0.2, 0.25) is 0 Å². The van der Waals surface area contributed by atoms with Crippen molar-refractivity contribution in [2.24, 2.45) is 11.8 Å². The van der Waals surface area contributed by atoms with Crippen LogP contribution in [-0.4, -0.2) is 10.9 Å². The number of nitrogens with one attached hydrogen (secondary N) is 1. The number of hydrogen-bond donors (Lipinski definition) is 2. The molecule has 0 aliphatic heterocycles.